The first-order valence-corrected chi connectivity index (χ1v) is 11.1. The minimum Gasteiger partial charge on any atom is -0.462 e. The summed E-state index contributed by atoms with van der Waals surface area (Å²) in [7, 11) is 0. The molecule has 1 heterocycles. The second kappa shape index (κ2) is 7.32. The Labute approximate surface area is 180 Å². The van der Waals surface area contributed by atoms with Gasteiger partial charge in [-0.05, 0) is 67.7 Å². The van der Waals surface area contributed by atoms with Crippen LogP contribution in [0.1, 0.15) is 37.0 Å². The van der Waals surface area contributed by atoms with Crippen molar-refractivity contribution in [2.45, 2.75) is 32.7 Å². The topological polar surface area (TPSA) is 92.8 Å². The zero-order chi connectivity index (χ0) is 21.9. The Bertz CT molecular complexity index is 948. The summed E-state index contributed by atoms with van der Waals surface area (Å²) in [5, 5.41) is 2.75. The Morgan fingerprint density at radius 2 is 1.65 bits per heavy atom. The first-order chi connectivity index (χ1) is 14.9. The third kappa shape index (κ3) is 3.09. The normalized spacial score (nSPS) is 33.0. The van der Waals surface area contributed by atoms with E-state index < -0.39 is 17.9 Å². The lowest BCUT2D eigenvalue weighted by Gasteiger charge is -2.37. The molecule has 7 heteroatoms. The summed E-state index contributed by atoms with van der Waals surface area (Å²) in [6, 6.07) is 5.48. The van der Waals surface area contributed by atoms with E-state index in [-0.39, 0.29) is 35.5 Å². The van der Waals surface area contributed by atoms with Crippen LogP contribution in [0, 0.1) is 35.5 Å². The number of benzene rings is 1. The van der Waals surface area contributed by atoms with Gasteiger partial charge in [0.2, 0.25) is 17.7 Å². The zero-order valence-electron chi connectivity index (χ0n) is 17.6. The van der Waals surface area contributed by atoms with Crippen LogP contribution in [0.4, 0.5) is 5.69 Å². The van der Waals surface area contributed by atoms with Gasteiger partial charge in [0, 0.05) is 5.69 Å². The summed E-state index contributed by atoms with van der Waals surface area (Å²) in [6.07, 6.45) is 6.08. The smallest absolute Gasteiger partial charge is 0.338 e. The van der Waals surface area contributed by atoms with Crippen LogP contribution in [0.25, 0.3) is 0 Å². The van der Waals surface area contributed by atoms with Crippen molar-refractivity contribution in [3.8, 4) is 0 Å². The highest BCUT2D eigenvalue weighted by atomic mass is 16.5. The Balaban J connectivity index is 1.26. The number of esters is 1. The molecule has 162 valence electrons. The fraction of sp³-hybridized carbons (Fsp3) is 0.500. The van der Waals surface area contributed by atoms with Gasteiger partial charge in [0.1, 0.15) is 6.04 Å². The van der Waals surface area contributed by atoms with Crippen molar-refractivity contribution in [3.63, 3.8) is 0 Å². The fourth-order valence-electron chi connectivity index (χ4n) is 5.69. The van der Waals surface area contributed by atoms with Crippen molar-refractivity contribution in [2.75, 3.05) is 11.9 Å². The van der Waals surface area contributed by atoms with Crippen molar-refractivity contribution in [1.29, 1.82) is 0 Å². The van der Waals surface area contributed by atoms with Gasteiger partial charge >= 0.3 is 5.97 Å². The van der Waals surface area contributed by atoms with Crippen molar-refractivity contribution >= 4 is 29.4 Å². The lowest BCUT2D eigenvalue weighted by Crippen LogP contribution is -2.46. The number of nitrogens with zero attached hydrogens (tertiary/aromatic N) is 1. The van der Waals surface area contributed by atoms with Gasteiger partial charge < -0.3 is 10.1 Å². The maximum Gasteiger partial charge on any atom is 0.338 e. The molecule has 31 heavy (non-hydrogen) atoms. The van der Waals surface area contributed by atoms with Gasteiger partial charge in [-0.25, -0.2) is 4.79 Å². The highest BCUT2D eigenvalue weighted by Gasteiger charge is 2.67. The first kappa shape index (κ1) is 20.0. The van der Waals surface area contributed by atoms with E-state index in [9.17, 15) is 19.2 Å². The Morgan fingerprint density at radius 1 is 1.06 bits per heavy atom. The minimum atomic E-state index is -0.893. The molecule has 1 saturated heterocycles. The number of ether oxygens (including phenoxy) is 1. The Kier molecular flexibility index (Phi) is 4.72. The number of nitrogens with one attached hydrogen (secondary N) is 1. The summed E-state index contributed by atoms with van der Waals surface area (Å²) in [6.45, 7) is 3.87. The number of amides is 3. The molecule has 2 saturated carbocycles. The number of rotatable bonds is 6. The van der Waals surface area contributed by atoms with Crippen LogP contribution in [0.3, 0.4) is 0 Å². The van der Waals surface area contributed by atoms with E-state index in [0.717, 1.165) is 12.8 Å². The highest BCUT2D eigenvalue weighted by molar-refractivity contribution is 6.10. The summed E-state index contributed by atoms with van der Waals surface area (Å²) in [5.74, 6) is -0.553. The molecule has 7 atom stereocenters. The maximum atomic E-state index is 13.1. The Hall–Kier alpha value is -2.96. The standard InChI is InChI=1S/C24H26N2O5/c1-3-10-31-24(30)13-4-6-14(7-5-13)25-21(27)12(2)26-22(28)19-15-8-9-16(18-11-17(15)18)20(19)23(26)29/h4-9,12,15-20H,3,10-11H2,1-2H3,(H,25,27)/t12-,15+,16+,17+,18+,19-,20+/m0/s1. The van der Waals surface area contributed by atoms with Gasteiger partial charge in [-0.3, -0.25) is 19.3 Å². The molecular weight excluding hydrogens is 396 g/mol. The molecule has 5 aliphatic rings. The van der Waals surface area contributed by atoms with Gasteiger partial charge in [0.05, 0.1) is 24.0 Å². The lowest BCUT2D eigenvalue weighted by molar-refractivity contribution is -0.146. The number of hydrogen-bond donors (Lipinski definition) is 1. The van der Waals surface area contributed by atoms with E-state index in [1.165, 1.54) is 4.90 Å². The minimum absolute atomic E-state index is 0.136. The highest BCUT2D eigenvalue weighted by Crippen LogP contribution is 2.65. The molecule has 3 amide bonds. The van der Waals surface area contributed by atoms with E-state index in [0.29, 0.717) is 29.7 Å². The number of hydrogen-bond acceptors (Lipinski definition) is 5. The second-order valence-electron chi connectivity index (χ2n) is 9.08. The van der Waals surface area contributed by atoms with Crippen molar-refractivity contribution in [1.82, 2.24) is 4.90 Å². The molecule has 0 radical (unpaired) electrons. The molecule has 1 N–H and O–H groups in total. The van der Waals surface area contributed by atoms with Crippen LogP contribution in [-0.2, 0) is 19.1 Å². The van der Waals surface area contributed by atoms with E-state index in [1.54, 1.807) is 31.2 Å². The number of anilines is 1. The molecule has 1 aliphatic heterocycles. The molecule has 0 aromatic heterocycles. The van der Waals surface area contributed by atoms with Crippen molar-refractivity contribution in [2.24, 2.45) is 35.5 Å². The van der Waals surface area contributed by atoms with Crippen LogP contribution in [0.5, 0.6) is 0 Å². The molecule has 0 unspecified atom stereocenters. The lowest BCUT2D eigenvalue weighted by atomic mass is 9.63. The number of imide groups is 1. The molecule has 0 spiro atoms. The molecule has 1 aromatic carbocycles. The number of carbonyl (C=O) groups excluding carboxylic acids is 4. The quantitative estimate of drug-likeness (QED) is 0.432. The van der Waals surface area contributed by atoms with Crippen molar-refractivity contribution < 1.29 is 23.9 Å². The van der Waals surface area contributed by atoms with E-state index in [2.05, 4.69) is 17.5 Å². The third-order valence-electron chi connectivity index (χ3n) is 7.29. The van der Waals surface area contributed by atoms with E-state index in [1.807, 2.05) is 6.92 Å². The van der Waals surface area contributed by atoms with Gasteiger partial charge in [-0.1, -0.05) is 19.1 Å². The first-order valence-electron chi connectivity index (χ1n) is 11.1. The van der Waals surface area contributed by atoms with Crippen LogP contribution in [-0.4, -0.2) is 41.2 Å². The monoisotopic (exact) mass is 422 g/mol. The molecule has 7 nitrogen and oxygen atoms in total. The predicted molar refractivity (Wildman–Crippen MR) is 112 cm³/mol. The summed E-state index contributed by atoms with van der Waals surface area (Å²) < 4.78 is 5.09. The molecule has 6 rings (SSSR count). The predicted octanol–water partition coefficient (Wildman–Crippen LogP) is 2.63. The number of carbonyl (C=O) groups is 4. The second-order valence-corrected chi connectivity index (χ2v) is 9.08. The summed E-state index contributed by atoms with van der Waals surface area (Å²) in [5.41, 5.74) is 0.887. The Morgan fingerprint density at radius 3 is 2.19 bits per heavy atom. The SMILES string of the molecule is CCCOC(=O)c1ccc(NC(=O)[C@H](C)N2C(=O)[C@@H]3[C@@H]4C=C[C@H]([C@H]5C[C@H]45)[C@@H]3C2=O)cc1. The van der Waals surface area contributed by atoms with Gasteiger partial charge in [0.25, 0.3) is 0 Å². The molecular formula is C24H26N2O5. The van der Waals surface area contributed by atoms with Gasteiger partial charge in [0.15, 0.2) is 0 Å². The van der Waals surface area contributed by atoms with E-state index >= 15 is 0 Å². The molecule has 2 bridgehead atoms. The van der Waals surface area contributed by atoms with E-state index in [4.69, 9.17) is 4.74 Å². The summed E-state index contributed by atoms with van der Waals surface area (Å²) in [4.78, 5) is 52.2. The van der Waals surface area contributed by atoms with Gasteiger partial charge in [-0.2, -0.15) is 0 Å². The zero-order valence-corrected chi connectivity index (χ0v) is 17.6. The maximum absolute atomic E-state index is 13.1. The van der Waals surface area contributed by atoms with Gasteiger partial charge in [-0.15, -0.1) is 0 Å². The number of allylic oxidation sites excluding steroid dienone is 2. The van der Waals surface area contributed by atoms with Crippen LogP contribution in [0.2, 0.25) is 0 Å². The molecule has 4 aliphatic carbocycles. The van der Waals surface area contributed by atoms with Crippen LogP contribution in [0.15, 0.2) is 36.4 Å². The summed E-state index contributed by atoms with van der Waals surface area (Å²) >= 11 is 0. The van der Waals surface area contributed by atoms with Crippen LogP contribution >= 0.6 is 0 Å². The van der Waals surface area contributed by atoms with Crippen molar-refractivity contribution in [3.05, 3.63) is 42.0 Å². The third-order valence-corrected chi connectivity index (χ3v) is 7.29. The molecule has 3 fully saturated rings. The fourth-order valence-corrected chi connectivity index (χ4v) is 5.69. The number of likely N-dealkylation sites (tertiary alicyclic amines) is 1. The average molecular weight is 422 g/mol. The largest absolute Gasteiger partial charge is 0.462 e. The molecule has 1 aromatic rings. The van der Waals surface area contributed by atoms with Crippen LogP contribution < -0.4 is 5.32 Å². The average Bonchev–Trinajstić information content (AvgIpc) is 3.55.